The van der Waals surface area contributed by atoms with E-state index in [0.717, 1.165) is 31.4 Å². The lowest BCUT2D eigenvalue weighted by Gasteiger charge is -2.15. The highest BCUT2D eigenvalue weighted by Crippen LogP contribution is 2.35. The van der Waals surface area contributed by atoms with E-state index in [2.05, 4.69) is 4.74 Å². The van der Waals surface area contributed by atoms with Crippen LogP contribution < -0.4 is 19.5 Å². The van der Waals surface area contributed by atoms with Crippen molar-refractivity contribution in [2.24, 2.45) is 0 Å². The van der Waals surface area contributed by atoms with Gasteiger partial charge in [0.25, 0.3) is 21.8 Å². The summed E-state index contributed by atoms with van der Waals surface area (Å²) in [5.41, 5.74) is -1.37. The molecule has 0 spiro atoms. The number of alkyl halides is 2. The molecule has 0 atom stereocenters. The van der Waals surface area contributed by atoms with Crippen molar-refractivity contribution in [3.8, 4) is 11.5 Å². The van der Waals surface area contributed by atoms with Crippen molar-refractivity contribution in [1.82, 2.24) is 5.32 Å². The van der Waals surface area contributed by atoms with E-state index in [1.54, 1.807) is 0 Å². The predicted molar refractivity (Wildman–Crippen MR) is 95.6 cm³/mol. The quantitative estimate of drug-likeness (QED) is 0.549. The van der Waals surface area contributed by atoms with E-state index in [1.807, 2.05) is 10.0 Å². The van der Waals surface area contributed by atoms with Crippen LogP contribution in [0.2, 0.25) is 0 Å². The summed E-state index contributed by atoms with van der Waals surface area (Å²) in [6.45, 7) is -3.27. The van der Waals surface area contributed by atoms with Gasteiger partial charge in [0.05, 0.1) is 34.4 Å². The Kier molecular flexibility index (Phi) is 5.31. The molecule has 0 saturated heterocycles. The SMILES string of the molecule is COc1cc(NS(=O)(=O)c2ccc3c(c2)C(=O)NC3=O)c(C(=O)O)cc1OC(F)F. The van der Waals surface area contributed by atoms with Gasteiger partial charge in [0.1, 0.15) is 0 Å². The fourth-order valence-electron chi connectivity index (χ4n) is 2.69. The lowest BCUT2D eigenvalue weighted by Crippen LogP contribution is -2.20. The average Bonchev–Trinajstić information content (AvgIpc) is 2.95. The summed E-state index contributed by atoms with van der Waals surface area (Å²) >= 11 is 0. The molecule has 0 saturated carbocycles. The van der Waals surface area contributed by atoms with Crippen molar-refractivity contribution in [2.45, 2.75) is 11.5 Å². The number of anilines is 1. The van der Waals surface area contributed by atoms with Gasteiger partial charge >= 0.3 is 12.6 Å². The molecule has 1 heterocycles. The van der Waals surface area contributed by atoms with Crippen molar-refractivity contribution >= 4 is 33.5 Å². The second-order valence-corrected chi connectivity index (χ2v) is 7.51. The van der Waals surface area contributed by atoms with E-state index in [-0.39, 0.29) is 16.9 Å². The van der Waals surface area contributed by atoms with Gasteiger partial charge in [-0.1, -0.05) is 0 Å². The van der Waals surface area contributed by atoms with Crippen molar-refractivity contribution < 1.29 is 46.2 Å². The molecule has 2 amide bonds. The van der Waals surface area contributed by atoms with Gasteiger partial charge in [-0.25, -0.2) is 13.2 Å². The van der Waals surface area contributed by atoms with Gasteiger partial charge < -0.3 is 14.6 Å². The van der Waals surface area contributed by atoms with E-state index in [4.69, 9.17) is 4.74 Å². The molecule has 10 nitrogen and oxygen atoms in total. The van der Waals surface area contributed by atoms with Crippen LogP contribution in [-0.4, -0.2) is 45.0 Å². The largest absolute Gasteiger partial charge is 0.493 e. The number of amides is 2. The number of nitrogens with one attached hydrogen (secondary N) is 2. The number of rotatable bonds is 7. The zero-order chi connectivity index (χ0) is 22.2. The number of hydrogen-bond donors (Lipinski definition) is 3. The Balaban J connectivity index is 2.04. The predicted octanol–water partition coefficient (Wildman–Crippen LogP) is 1.68. The number of carboxylic acid groups (broad SMARTS) is 1. The number of benzene rings is 2. The molecule has 0 unspecified atom stereocenters. The lowest BCUT2D eigenvalue weighted by molar-refractivity contribution is -0.0512. The third-order valence-corrected chi connectivity index (χ3v) is 5.38. The molecule has 158 valence electrons. The molecule has 13 heteroatoms. The third-order valence-electron chi connectivity index (χ3n) is 4.01. The smallest absolute Gasteiger partial charge is 0.387 e. The minimum absolute atomic E-state index is 0.0136. The second-order valence-electron chi connectivity index (χ2n) is 5.83. The number of methoxy groups -OCH3 is 1. The number of carbonyl (C=O) groups is 3. The Bertz CT molecular complexity index is 1180. The number of sulfonamides is 1. The van der Waals surface area contributed by atoms with Gasteiger partial charge in [-0.2, -0.15) is 8.78 Å². The minimum Gasteiger partial charge on any atom is -0.493 e. The first-order chi connectivity index (χ1) is 14.0. The van der Waals surface area contributed by atoms with Gasteiger partial charge in [0.15, 0.2) is 11.5 Å². The minimum atomic E-state index is -4.44. The molecular formula is C17H12F2N2O8S. The molecule has 0 aliphatic carbocycles. The van der Waals surface area contributed by atoms with Gasteiger partial charge in [-0.15, -0.1) is 0 Å². The number of fused-ring (bicyclic) bond motifs is 1. The maximum Gasteiger partial charge on any atom is 0.387 e. The van der Waals surface area contributed by atoms with E-state index >= 15 is 0 Å². The van der Waals surface area contributed by atoms with E-state index < -0.39 is 56.3 Å². The first-order valence-electron chi connectivity index (χ1n) is 7.96. The van der Waals surface area contributed by atoms with Crippen LogP contribution in [-0.2, 0) is 10.0 Å². The number of carbonyl (C=O) groups excluding carboxylic acids is 2. The first kappa shape index (κ1) is 21.0. The van der Waals surface area contributed by atoms with Gasteiger partial charge in [-0.3, -0.25) is 19.6 Å². The number of carboxylic acids is 1. The summed E-state index contributed by atoms with van der Waals surface area (Å²) in [5, 5.41) is 11.3. The Morgan fingerprint density at radius 1 is 1.10 bits per heavy atom. The molecule has 1 aliphatic rings. The molecule has 1 aliphatic heterocycles. The summed E-state index contributed by atoms with van der Waals surface area (Å²) in [6, 6.07) is 4.67. The molecule has 3 rings (SSSR count). The lowest BCUT2D eigenvalue weighted by atomic mass is 10.1. The van der Waals surface area contributed by atoms with E-state index in [9.17, 15) is 36.7 Å². The van der Waals surface area contributed by atoms with Gasteiger partial charge in [0.2, 0.25) is 0 Å². The number of halogens is 2. The third kappa shape index (κ3) is 3.87. The summed E-state index contributed by atoms with van der Waals surface area (Å²) in [7, 11) is -3.36. The first-order valence-corrected chi connectivity index (χ1v) is 9.44. The Morgan fingerprint density at radius 3 is 2.37 bits per heavy atom. The molecule has 2 aromatic carbocycles. The average molecular weight is 442 g/mol. The van der Waals surface area contributed by atoms with Gasteiger partial charge in [0, 0.05) is 12.1 Å². The van der Waals surface area contributed by atoms with Crippen LogP contribution in [0.5, 0.6) is 11.5 Å². The summed E-state index contributed by atoms with van der Waals surface area (Å²) in [4.78, 5) is 34.4. The van der Waals surface area contributed by atoms with Crippen molar-refractivity contribution in [3.05, 3.63) is 47.0 Å². The maximum atomic E-state index is 12.7. The Hall–Kier alpha value is -3.74. The highest BCUT2D eigenvalue weighted by Gasteiger charge is 2.29. The van der Waals surface area contributed by atoms with Crippen LogP contribution in [0.4, 0.5) is 14.5 Å². The van der Waals surface area contributed by atoms with Crippen LogP contribution >= 0.6 is 0 Å². The normalized spacial score (nSPS) is 13.1. The molecule has 2 aromatic rings. The summed E-state index contributed by atoms with van der Waals surface area (Å²) in [5.74, 6) is -4.06. The topological polar surface area (TPSA) is 148 Å². The molecule has 3 N–H and O–H groups in total. The molecule has 0 aromatic heterocycles. The van der Waals surface area contributed by atoms with E-state index in [1.165, 1.54) is 0 Å². The number of aromatic carboxylic acids is 1. The second kappa shape index (κ2) is 7.59. The Morgan fingerprint density at radius 2 is 1.77 bits per heavy atom. The van der Waals surface area contributed by atoms with Crippen molar-refractivity contribution in [1.29, 1.82) is 0 Å². The molecular weight excluding hydrogens is 430 g/mol. The van der Waals surface area contributed by atoms with Crippen LogP contribution in [0.3, 0.4) is 0 Å². The molecule has 0 radical (unpaired) electrons. The monoisotopic (exact) mass is 442 g/mol. The fraction of sp³-hybridized carbons (Fsp3) is 0.118. The summed E-state index contributed by atoms with van der Waals surface area (Å²) < 4.78 is 61.6. The zero-order valence-corrected chi connectivity index (χ0v) is 15.7. The standard InChI is InChI=1S/C17H12F2N2O8S/c1-28-12-6-11(10(16(24)25)5-13(12)29-17(18)19)21-30(26,27)7-2-3-8-9(4-7)15(23)20-14(8)22/h2-6,17,21H,1H3,(H,24,25)(H,20,22,23). The molecule has 0 fully saturated rings. The van der Waals surface area contributed by atoms with Crippen molar-refractivity contribution in [3.63, 3.8) is 0 Å². The van der Waals surface area contributed by atoms with E-state index in [0.29, 0.717) is 6.07 Å². The number of imide groups is 1. The number of hydrogen-bond acceptors (Lipinski definition) is 7. The van der Waals surface area contributed by atoms with Crippen molar-refractivity contribution in [2.75, 3.05) is 11.8 Å². The molecule has 0 bridgehead atoms. The zero-order valence-electron chi connectivity index (χ0n) is 14.9. The number of ether oxygens (including phenoxy) is 2. The fourth-order valence-corrected chi connectivity index (χ4v) is 3.78. The molecule has 30 heavy (non-hydrogen) atoms. The summed E-state index contributed by atoms with van der Waals surface area (Å²) in [6.07, 6.45) is 0. The highest BCUT2D eigenvalue weighted by atomic mass is 32.2. The van der Waals surface area contributed by atoms with Gasteiger partial charge in [-0.05, 0) is 18.2 Å². The van der Waals surface area contributed by atoms with Crippen LogP contribution in [0, 0.1) is 0 Å². The van der Waals surface area contributed by atoms with Crippen LogP contribution in [0.1, 0.15) is 31.1 Å². The van der Waals surface area contributed by atoms with Crippen LogP contribution in [0.25, 0.3) is 0 Å². The Labute approximate surface area is 167 Å². The highest BCUT2D eigenvalue weighted by molar-refractivity contribution is 7.92. The van der Waals surface area contributed by atoms with Crippen LogP contribution in [0.15, 0.2) is 35.2 Å². The maximum absolute atomic E-state index is 12.7.